The number of rotatable bonds is 5. The van der Waals surface area contributed by atoms with Gasteiger partial charge in [0, 0.05) is 4.88 Å². The first-order chi connectivity index (χ1) is 9.06. The molecule has 5 nitrogen and oxygen atoms in total. The first kappa shape index (κ1) is 13.4. The van der Waals surface area contributed by atoms with Crippen LogP contribution < -0.4 is 5.32 Å². The largest absolute Gasteiger partial charge is 0.481 e. The summed E-state index contributed by atoms with van der Waals surface area (Å²) in [6.45, 7) is 1.74. The summed E-state index contributed by atoms with van der Waals surface area (Å²) in [6.07, 6.45) is -0.161. The van der Waals surface area contributed by atoms with Crippen molar-refractivity contribution in [3.05, 3.63) is 46.0 Å². The van der Waals surface area contributed by atoms with Crippen molar-refractivity contribution >= 4 is 23.2 Å². The van der Waals surface area contributed by atoms with Crippen molar-refractivity contribution in [2.45, 2.75) is 19.4 Å². The molecule has 19 heavy (non-hydrogen) atoms. The van der Waals surface area contributed by atoms with E-state index in [-0.39, 0.29) is 12.2 Å². The summed E-state index contributed by atoms with van der Waals surface area (Å²) in [6, 6.07) is 6.32. The molecule has 0 aliphatic heterocycles. The van der Waals surface area contributed by atoms with Crippen LogP contribution >= 0.6 is 11.3 Å². The Balaban J connectivity index is 2.12. The minimum absolute atomic E-state index is 0.161. The molecule has 2 rings (SSSR count). The smallest absolute Gasteiger partial charge is 0.305 e. The van der Waals surface area contributed by atoms with Gasteiger partial charge in [-0.2, -0.15) is 0 Å². The van der Waals surface area contributed by atoms with E-state index in [1.54, 1.807) is 25.1 Å². The monoisotopic (exact) mass is 279 g/mol. The summed E-state index contributed by atoms with van der Waals surface area (Å²) in [5.41, 5.74) is 0. The number of nitrogens with one attached hydrogen (secondary N) is 1. The van der Waals surface area contributed by atoms with Gasteiger partial charge in [0.2, 0.25) is 0 Å². The zero-order chi connectivity index (χ0) is 13.8. The molecule has 0 bridgehead atoms. The number of carbonyl (C=O) groups excluding carboxylic acids is 1. The Hall–Kier alpha value is -2.08. The summed E-state index contributed by atoms with van der Waals surface area (Å²) in [5, 5.41) is 13.4. The fourth-order valence-corrected chi connectivity index (χ4v) is 2.45. The second kappa shape index (κ2) is 5.71. The highest BCUT2D eigenvalue weighted by molar-refractivity contribution is 7.10. The highest BCUT2D eigenvalue weighted by Crippen LogP contribution is 2.22. The number of aryl methyl sites for hydroxylation is 1. The van der Waals surface area contributed by atoms with Crippen molar-refractivity contribution in [3.8, 4) is 0 Å². The zero-order valence-electron chi connectivity index (χ0n) is 10.3. The van der Waals surface area contributed by atoms with E-state index in [9.17, 15) is 9.59 Å². The van der Waals surface area contributed by atoms with Crippen LogP contribution in [0.3, 0.4) is 0 Å². The quantitative estimate of drug-likeness (QED) is 0.881. The first-order valence-corrected chi connectivity index (χ1v) is 6.56. The molecule has 0 saturated heterocycles. The van der Waals surface area contributed by atoms with Gasteiger partial charge in [-0.1, -0.05) is 6.07 Å². The van der Waals surface area contributed by atoms with Gasteiger partial charge in [0.1, 0.15) is 5.76 Å². The third-order valence-corrected chi connectivity index (χ3v) is 3.52. The molecule has 0 spiro atoms. The summed E-state index contributed by atoms with van der Waals surface area (Å²) < 4.78 is 5.21. The van der Waals surface area contributed by atoms with Gasteiger partial charge in [-0.05, 0) is 30.5 Å². The molecule has 6 heteroatoms. The molecule has 0 saturated carbocycles. The van der Waals surface area contributed by atoms with Crippen molar-refractivity contribution in [1.29, 1.82) is 0 Å². The van der Waals surface area contributed by atoms with Gasteiger partial charge in [-0.25, -0.2) is 0 Å². The summed E-state index contributed by atoms with van der Waals surface area (Å²) in [7, 11) is 0. The molecule has 0 unspecified atom stereocenters. The number of amides is 1. The third-order valence-electron chi connectivity index (χ3n) is 2.53. The number of aliphatic carboxylic acids is 1. The van der Waals surface area contributed by atoms with Gasteiger partial charge < -0.3 is 14.8 Å². The van der Waals surface area contributed by atoms with Gasteiger partial charge in [0.15, 0.2) is 5.76 Å². The molecule has 0 aromatic carbocycles. The summed E-state index contributed by atoms with van der Waals surface area (Å²) in [5.74, 6) is -0.553. The highest BCUT2D eigenvalue weighted by Gasteiger charge is 2.21. The minimum atomic E-state index is -0.964. The molecular formula is C13H13NO4S. The van der Waals surface area contributed by atoms with Crippen LogP contribution in [-0.2, 0) is 4.79 Å². The van der Waals surface area contributed by atoms with Crippen LogP contribution in [0.4, 0.5) is 0 Å². The number of hydrogen-bond acceptors (Lipinski definition) is 4. The zero-order valence-corrected chi connectivity index (χ0v) is 11.1. The lowest BCUT2D eigenvalue weighted by molar-refractivity contribution is -0.137. The molecule has 0 aliphatic carbocycles. The molecular weight excluding hydrogens is 266 g/mol. The Labute approximate surface area is 113 Å². The normalized spacial score (nSPS) is 12.1. The van der Waals surface area contributed by atoms with Gasteiger partial charge in [-0.3, -0.25) is 9.59 Å². The van der Waals surface area contributed by atoms with Gasteiger partial charge >= 0.3 is 5.97 Å². The van der Waals surface area contributed by atoms with Crippen LogP contribution in [-0.4, -0.2) is 17.0 Å². The Morgan fingerprint density at radius 1 is 1.42 bits per heavy atom. The molecule has 0 fully saturated rings. The lowest BCUT2D eigenvalue weighted by Gasteiger charge is -2.14. The SMILES string of the molecule is Cc1ccc(C(=O)N[C@H](CC(=O)O)c2cccs2)o1. The fraction of sp³-hybridized carbons (Fsp3) is 0.231. The second-order valence-electron chi connectivity index (χ2n) is 4.05. The maximum atomic E-state index is 12.0. The molecule has 0 aliphatic rings. The number of furan rings is 1. The number of carboxylic acid groups (broad SMARTS) is 1. The number of carbonyl (C=O) groups is 2. The van der Waals surface area contributed by atoms with Crippen molar-refractivity contribution in [3.63, 3.8) is 0 Å². The van der Waals surface area contributed by atoms with Crippen molar-refractivity contribution in [2.24, 2.45) is 0 Å². The molecule has 2 aromatic rings. The average molecular weight is 279 g/mol. The predicted molar refractivity (Wildman–Crippen MR) is 70.2 cm³/mol. The Kier molecular flexibility index (Phi) is 4.01. The van der Waals surface area contributed by atoms with Crippen LogP contribution in [0.25, 0.3) is 0 Å². The number of hydrogen-bond donors (Lipinski definition) is 2. The minimum Gasteiger partial charge on any atom is -0.481 e. The average Bonchev–Trinajstić information content (AvgIpc) is 2.97. The third kappa shape index (κ3) is 3.45. The fourth-order valence-electron chi connectivity index (χ4n) is 1.67. The van der Waals surface area contributed by atoms with E-state index >= 15 is 0 Å². The molecule has 1 amide bonds. The first-order valence-electron chi connectivity index (χ1n) is 5.69. The maximum Gasteiger partial charge on any atom is 0.305 e. The summed E-state index contributed by atoms with van der Waals surface area (Å²) >= 11 is 1.41. The number of carboxylic acids is 1. The molecule has 2 heterocycles. The van der Waals surface area contributed by atoms with E-state index in [4.69, 9.17) is 9.52 Å². The van der Waals surface area contributed by atoms with Gasteiger partial charge in [0.05, 0.1) is 12.5 Å². The highest BCUT2D eigenvalue weighted by atomic mass is 32.1. The van der Waals surface area contributed by atoms with Crippen molar-refractivity contribution in [2.75, 3.05) is 0 Å². The molecule has 100 valence electrons. The van der Waals surface area contributed by atoms with Gasteiger partial charge in [-0.15, -0.1) is 11.3 Å². The van der Waals surface area contributed by atoms with E-state index in [0.717, 1.165) is 4.88 Å². The van der Waals surface area contributed by atoms with Crippen molar-refractivity contribution < 1.29 is 19.1 Å². The Morgan fingerprint density at radius 3 is 2.74 bits per heavy atom. The lowest BCUT2D eigenvalue weighted by Crippen LogP contribution is -2.29. The van der Waals surface area contributed by atoms with Crippen LogP contribution in [0, 0.1) is 6.92 Å². The second-order valence-corrected chi connectivity index (χ2v) is 5.03. The Bertz CT molecular complexity index is 573. The molecule has 2 N–H and O–H groups in total. The molecule has 2 aromatic heterocycles. The van der Waals surface area contributed by atoms with E-state index < -0.39 is 17.9 Å². The Morgan fingerprint density at radius 2 is 2.21 bits per heavy atom. The van der Waals surface area contributed by atoms with E-state index in [0.29, 0.717) is 5.76 Å². The molecule has 0 radical (unpaired) electrons. The maximum absolute atomic E-state index is 12.0. The van der Waals surface area contributed by atoms with E-state index in [2.05, 4.69) is 5.32 Å². The van der Waals surface area contributed by atoms with E-state index in [1.165, 1.54) is 11.3 Å². The van der Waals surface area contributed by atoms with Crippen LogP contribution in [0.5, 0.6) is 0 Å². The lowest BCUT2D eigenvalue weighted by atomic mass is 10.1. The van der Waals surface area contributed by atoms with Crippen LogP contribution in [0.2, 0.25) is 0 Å². The van der Waals surface area contributed by atoms with Gasteiger partial charge in [0.25, 0.3) is 5.91 Å². The van der Waals surface area contributed by atoms with Crippen LogP contribution in [0.15, 0.2) is 34.1 Å². The molecule has 1 atom stereocenters. The predicted octanol–water partition coefficient (Wildman–Crippen LogP) is 2.60. The number of thiophene rings is 1. The van der Waals surface area contributed by atoms with Crippen molar-refractivity contribution in [1.82, 2.24) is 5.32 Å². The van der Waals surface area contributed by atoms with Crippen LogP contribution in [0.1, 0.15) is 33.7 Å². The topological polar surface area (TPSA) is 79.5 Å². The van der Waals surface area contributed by atoms with E-state index in [1.807, 2.05) is 11.4 Å². The standard InChI is InChI=1S/C13H13NO4S/c1-8-4-5-10(18-8)13(17)14-9(7-12(15)16)11-3-2-6-19-11/h2-6,9H,7H2,1H3,(H,14,17)(H,15,16)/t9-/m1/s1. The summed E-state index contributed by atoms with van der Waals surface area (Å²) in [4.78, 5) is 23.6.